The number of nitrogens with one attached hydrogen (secondary N) is 1. The van der Waals surface area contributed by atoms with Gasteiger partial charge < -0.3 is 14.2 Å². The number of rotatable bonds is 3. The first kappa shape index (κ1) is 15.1. The second-order valence-corrected chi connectivity index (χ2v) is 5.65. The molecule has 1 amide bonds. The van der Waals surface area contributed by atoms with E-state index in [4.69, 9.17) is 4.74 Å². The molecule has 7 heteroatoms. The summed E-state index contributed by atoms with van der Waals surface area (Å²) in [5.41, 5.74) is -0.187. The highest BCUT2D eigenvalue weighted by Crippen LogP contribution is 2.28. The minimum atomic E-state index is -0.680. The largest absolute Gasteiger partial charge is 0.488 e. The summed E-state index contributed by atoms with van der Waals surface area (Å²) in [4.78, 5) is 39.1. The van der Waals surface area contributed by atoms with Crippen molar-refractivity contribution in [2.75, 3.05) is 13.6 Å². The number of aromatic nitrogens is 2. The van der Waals surface area contributed by atoms with Crippen molar-refractivity contribution in [3.63, 3.8) is 0 Å². The Balaban J connectivity index is 1.73. The zero-order valence-corrected chi connectivity index (χ0v) is 12.9. The van der Waals surface area contributed by atoms with Gasteiger partial charge in [-0.2, -0.15) is 0 Å². The van der Waals surface area contributed by atoms with E-state index in [-0.39, 0.29) is 11.7 Å². The van der Waals surface area contributed by atoms with Crippen molar-refractivity contribution in [3.8, 4) is 5.75 Å². The Morgan fingerprint density at radius 3 is 2.87 bits per heavy atom. The van der Waals surface area contributed by atoms with Gasteiger partial charge in [0.25, 0.3) is 11.5 Å². The van der Waals surface area contributed by atoms with E-state index >= 15 is 0 Å². The van der Waals surface area contributed by atoms with Crippen LogP contribution in [0.3, 0.4) is 0 Å². The van der Waals surface area contributed by atoms with Crippen LogP contribution in [0.4, 0.5) is 0 Å². The lowest BCUT2D eigenvalue weighted by Crippen LogP contribution is -2.40. The van der Waals surface area contributed by atoms with E-state index in [9.17, 15) is 14.4 Å². The van der Waals surface area contributed by atoms with E-state index in [1.165, 1.54) is 22.7 Å². The number of nitrogens with zero attached hydrogens (tertiary/aromatic N) is 2. The SMILES string of the molecule is CN(CC1Cc2ccccc2O1)C(=O)c1cn(C)c(=O)[nH]c1=O. The van der Waals surface area contributed by atoms with Crippen molar-refractivity contribution in [2.45, 2.75) is 12.5 Å². The van der Waals surface area contributed by atoms with Crippen LogP contribution in [0.2, 0.25) is 0 Å². The molecule has 1 aliphatic rings. The number of fused-ring (bicyclic) bond motifs is 1. The van der Waals surface area contributed by atoms with E-state index in [1.54, 1.807) is 7.05 Å². The molecule has 2 aromatic rings. The molecular formula is C16H17N3O4. The van der Waals surface area contributed by atoms with E-state index in [2.05, 4.69) is 4.98 Å². The molecular weight excluding hydrogens is 298 g/mol. The molecule has 1 aromatic heterocycles. The second-order valence-electron chi connectivity index (χ2n) is 5.65. The molecule has 0 spiro atoms. The van der Waals surface area contributed by atoms with E-state index in [0.717, 1.165) is 17.7 Å². The number of ether oxygens (including phenoxy) is 1. The number of amides is 1. The Labute approximate surface area is 132 Å². The summed E-state index contributed by atoms with van der Waals surface area (Å²) in [7, 11) is 3.09. The van der Waals surface area contributed by atoms with Gasteiger partial charge in [-0.25, -0.2) is 4.79 Å². The van der Waals surface area contributed by atoms with Gasteiger partial charge in [0.15, 0.2) is 0 Å². The van der Waals surface area contributed by atoms with E-state index in [0.29, 0.717) is 6.54 Å². The molecule has 0 fully saturated rings. The van der Waals surface area contributed by atoms with Gasteiger partial charge in [0.05, 0.1) is 6.54 Å². The first-order valence-electron chi connectivity index (χ1n) is 7.25. The Kier molecular flexibility index (Phi) is 3.77. The first-order chi connectivity index (χ1) is 11.0. The molecule has 23 heavy (non-hydrogen) atoms. The third kappa shape index (κ3) is 2.90. The van der Waals surface area contributed by atoms with Gasteiger partial charge in [-0.3, -0.25) is 14.6 Å². The zero-order chi connectivity index (χ0) is 16.6. The van der Waals surface area contributed by atoms with Crippen molar-refractivity contribution in [1.29, 1.82) is 0 Å². The maximum atomic E-state index is 12.4. The summed E-state index contributed by atoms with van der Waals surface area (Å²) in [6.45, 7) is 0.357. The fourth-order valence-electron chi connectivity index (χ4n) is 2.67. The summed E-state index contributed by atoms with van der Waals surface area (Å²) >= 11 is 0. The quantitative estimate of drug-likeness (QED) is 0.874. The Hall–Kier alpha value is -2.83. The second kappa shape index (κ2) is 5.75. The number of para-hydroxylation sites is 1. The number of hydrogen-bond donors (Lipinski definition) is 1. The van der Waals surface area contributed by atoms with Crippen LogP contribution in [0.1, 0.15) is 15.9 Å². The summed E-state index contributed by atoms with van der Waals surface area (Å²) in [5.74, 6) is 0.389. The number of benzene rings is 1. The maximum Gasteiger partial charge on any atom is 0.328 e. The third-order valence-corrected chi connectivity index (χ3v) is 3.88. The number of hydrogen-bond acceptors (Lipinski definition) is 4. The monoisotopic (exact) mass is 315 g/mol. The molecule has 7 nitrogen and oxygen atoms in total. The lowest BCUT2D eigenvalue weighted by atomic mass is 10.1. The number of aryl methyl sites for hydroxylation is 1. The molecule has 2 heterocycles. The highest BCUT2D eigenvalue weighted by atomic mass is 16.5. The number of likely N-dealkylation sites (N-methyl/N-ethyl adjacent to an activating group) is 1. The van der Waals surface area contributed by atoms with Crippen LogP contribution >= 0.6 is 0 Å². The smallest absolute Gasteiger partial charge is 0.328 e. The number of carbonyl (C=O) groups excluding carboxylic acids is 1. The minimum absolute atomic E-state index is 0.0647. The number of H-pyrrole nitrogens is 1. The van der Waals surface area contributed by atoms with Crippen molar-refractivity contribution in [2.24, 2.45) is 7.05 Å². The fraction of sp³-hybridized carbons (Fsp3) is 0.312. The van der Waals surface area contributed by atoms with Gasteiger partial charge in [0.1, 0.15) is 17.4 Å². The molecule has 1 aromatic carbocycles. The number of aromatic amines is 1. The predicted octanol–water partition coefficient (Wildman–Crippen LogP) is 0.149. The molecule has 1 unspecified atom stereocenters. The summed E-state index contributed by atoms with van der Waals surface area (Å²) < 4.78 is 6.97. The van der Waals surface area contributed by atoms with Gasteiger partial charge in [0, 0.05) is 26.7 Å². The highest BCUT2D eigenvalue weighted by molar-refractivity contribution is 5.93. The Bertz CT molecular complexity index is 843. The normalized spacial score (nSPS) is 15.8. The van der Waals surface area contributed by atoms with Crippen LogP contribution in [0.25, 0.3) is 0 Å². The Morgan fingerprint density at radius 1 is 1.39 bits per heavy atom. The van der Waals surface area contributed by atoms with Gasteiger partial charge >= 0.3 is 5.69 Å². The van der Waals surface area contributed by atoms with Crippen molar-refractivity contribution in [3.05, 3.63) is 62.4 Å². The molecule has 1 atom stereocenters. The van der Waals surface area contributed by atoms with Crippen LogP contribution in [-0.2, 0) is 13.5 Å². The van der Waals surface area contributed by atoms with Crippen LogP contribution in [0, 0.1) is 0 Å². The molecule has 0 radical (unpaired) electrons. The summed E-state index contributed by atoms with van der Waals surface area (Å²) in [5, 5.41) is 0. The van der Waals surface area contributed by atoms with E-state index < -0.39 is 17.2 Å². The van der Waals surface area contributed by atoms with E-state index in [1.807, 2.05) is 24.3 Å². The molecule has 1 N–H and O–H groups in total. The maximum absolute atomic E-state index is 12.4. The summed E-state index contributed by atoms with van der Waals surface area (Å²) in [6, 6.07) is 7.74. The highest BCUT2D eigenvalue weighted by Gasteiger charge is 2.26. The molecule has 1 aliphatic heterocycles. The van der Waals surface area contributed by atoms with Crippen molar-refractivity contribution < 1.29 is 9.53 Å². The molecule has 0 aliphatic carbocycles. The van der Waals surface area contributed by atoms with Crippen molar-refractivity contribution >= 4 is 5.91 Å². The average Bonchev–Trinajstić information content (AvgIpc) is 2.92. The fourth-order valence-corrected chi connectivity index (χ4v) is 2.67. The standard InChI is InChI=1S/C16H17N3O4/c1-18(8-11-7-10-5-3-4-6-13(10)23-11)15(21)12-9-19(2)16(22)17-14(12)20/h3-6,9,11H,7-8H2,1-2H3,(H,17,20,22). The topological polar surface area (TPSA) is 84.4 Å². The van der Waals surface area contributed by atoms with Crippen LogP contribution in [-0.4, -0.2) is 40.1 Å². The third-order valence-electron chi connectivity index (χ3n) is 3.88. The molecule has 120 valence electrons. The van der Waals surface area contributed by atoms with Gasteiger partial charge in [0.2, 0.25) is 0 Å². The predicted molar refractivity (Wildman–Crippen MR) is 83.8 cm³/mol. The average molecular weight is 315 g/mol. The lowest BCUT2D eigenvalue weighted by molar-refractivity contribution is 0.0727. The summed E-state index contributed by atoms with van der Waals surface area (Å²) in [6.07, 6.45) is 1.83. The zero-order valence-electron chi connectivity index (χ0n) is 12.9. The molecule has 3 rings (SSSR count). The first-order valence-corrected chi connectivity index (χ1v) is 7.25. The van der Waals surface area contributed by atoms with Crippen LogP contribution < -0.4 is 16.0 Å². The molecule has 0 bridgehead atoms. The number of carbonyl (C=O) groups is 1. The van der Waals surface area contributed by atoms with Gasteiger partial charge in [-0.1, -0.05) is 18.2 Å². The lowest BCUT2D eigenvalue weighted by Gasteiger charge is -2.21. The molecule has 0 saturated heterocycles. The van der Waals surface area contributed by atoms with Gasteiger partial charge in [-0.05, 0) is 11.6 Å². The van der Waals surface area contributed by atoms with Crippen LogP contribution in [0.15, 0.2) is 40.1 Å². The molecule has 0 saturated carbocycles. The minimum Gasteiger partial charge on any atom is -0.488 e. The van der Waals surface area contributed by atoms with Crippen LogP contribution in [0.5, 0.6) is 5.75 Å². The Morgan fingerprint density at radius 2 is 2.13 bits per heavy atom. The van der Waals surface area contributed by atoms with Crippen molar-refractivity contribution in [1.82, 2.24) is 14.5 Å². The van der Waals surface area contributed by atoms with Gasteiger partial charge in [-0.15, -0.1) is 0 Å².